The van der Waals surface area contributed by atoms with Gasteiger partial charge in [0.1, 0.15) is 5.82 Å². The lowest BCUT2D eigenvalue weighted by molar-refractivity contribution is 0.0521. The van der Waals surface area contributed by atoms with Gasteiger partial charge in [-0.25, -0.2) is 9.78 Å². The number of hydrogen-bond donors (Lipinski definition) is 1. The molecule has 0 aliphatic rings. The summed E-state index contributed by atoms with van der Waals surface area (Å²) in [6.07, 6.45) is 4.17. The van der Waals surface area contributed by atoms with Crippen LogP contribution in [-0.4, -0.2) is 27.1 Å². The van der Waals surface area contributed by atoms with Crippen LogP contribution in [0.3, 0.4) is 0 Å². The maximum Gasteiger partial charge on any atom is 0.360 e. The van der Waals surface area contributed by atoms with Crippen molar-refractivity contribution in [2.24, 2.45) is 0 Å². The van der Waals surface area contributed by atoms with Gasteiger partial charge < -0.3 is 15.0 Å². The maximum absolute atomic E-state index is 11.7. The number of nitrogens with two attached hydrogens (primary N) is 1. The number of esters is 1. The van der Waals surface area contributed by atoms with Gasteiger partial charge in [-0.2, -0.15) is 0 Å². The molecular weight excluding hydrogens is 256 g/mol. The number of aryl methyl sites for hydroxylation is 1. The van der Waals surface area contributed by atoms with Gasteiger partial charge in [-0.05, 0) is 25.0 Å². The van der Waals surface area contributed by atoms with Crippen LogP contribution in [0.1, 0.15) is 35.6 Å². The minimum absolute atomic E-state index is 0.154. The van der Waals surface area contributed by atoms with Gasteiger partial charge in [0.15, 0.2) is 5.69 Å². The number of ether oxygens (including phenoxy) is 1. The van der Waals surface area contributed by atoms with Crippen LogP contribution < -0.4 is 5.73 Å². The van der Waals surface area contributed by atoms with E-state index in [1.807, 2.05) is 12.1 Å². The van der Waals surface area contributed by atoms with Gasteiger partial charge in [-0.3, -0.25) is 4.98 Å². The van der Waals surface area contributed by atoms with E-state index >= 15 is 0 Å². The van der Waals surface area contributed by atoms with Crippen molar-refractivity contribution in [1.82, 2.24) is 14.5 Å². The lowest BCUT2D eigenvalue weighted by atomic mass is 10.1. The molecule has 106 valence electrons. The van der Waals surface area contributed by atoms with Crippen molar-refractivity contribution in [3.05, 3.63) is 41.6 Å². The summed E-state index contributed by atoms with van der Waals surface area (Å²) in [5.74, 6) is -0.198. The van der Waals surface area contributed by atoms with Gasteiger partial charge in [0.2, 0.25) is 0 Å². The van der Waals surface area contributed by atoms with Crippen LogP contribution in [0.25, 0.3) is 0 Å². The average molecular weight is 274 g/mol. The number of nitrogens with zero attached hydrogens (tertiary/aromatic N) is 3. The first-order chi connectivity index (χ1) is 9.67. The van der Waals surface area contributed by atoms with Crippen molar-refractivity contribution in [2.75, 3.05) is 12.3 Å². The molecule has 2 N–H and O–H groups in total. The summed E-state index contributed by atoms with van der Waals surface area (Å²) in [5.41, 5.74) is 8.18. The van der Waals surface area contributed by atoms with Crippen molar-refractivity contribution in [3.63, 3.8) is 0 Å². The Balaban J connectivity index is 2.24. The van der Waals surface area contributed by atoms with Crippen LogP contribution in [0.15, 0.2) is 24.7 Å². The van der Waals surface area contributed by atoms with Crippen LogP contribution in [0.2, 0.25) is 0 Å². The molecule has 0 aliphatic carbocycles. The Bertz CT molecular complexity index is 607. The van der Waals surface area contributed by atoms with E-state index in [1.54, 1.807) is 17.7 Å². The van der Waals surface area contributed by atoms with Crippen LogP contribution in [0.5, 0.6) is 0 Å². The second-order valence-corrected chi connectivity index (χ2v) is 4.29. The van der Waals surface area contributed by atoms with Gasteiger partial charge in [0, 0.05) is 6.20 Å². The molecule has 0 unspecified atom stereocenters. The summed E-state index contributed by atoms with van der Waals surface area (Å²) in [7, 11) is 0. The Labute approximate surface area is 117 Å². The quantitative estimate of drug-likeness (QED) is 0.838. The zero-order chi connectivity index (χ0) is 14.5. The van der Waals surface area contributed by atoms with Crippen molar-refractivity contribution in [3.8, 4) is 0 Å². The molecule has 0 fully saturated rings. The van der Waals surface area contributed by atoms with Crippen LogP contribution in [0, 0.1) is 0 Å². The number of aromatic nitrogens is 3. The highest BCUT2D eigenvalue weighted by Gasteiger charge is 2.17. The van der Waals surface area contributed by atoms with Gasteiger partial charge in [0.25, 0.3) is 0 Å². The van der Waals surface area contributed by atoms with Crippen molar-refractivity contribution in [1.29, 1.82) is 0 Å². The number of nitrogen functional groups attached to an aromatic ring is 1. The second kappa shape index (κ2) is 6.18. The predicted octanol–water partition coefficient (Wildman–Crippen LogP) is 1.65. The minimum atomic E-state index is -0.500. The summed E-state index contributed by atoms with van der Waals surface area (Å²) in [6.45, 7) is 4.60. The molecule has 0 saturated heterocycles. The van der Waals surface area contributed by atoms with E-state index in [2.05, 4.69) is 16.9 Å². The van der Waals surface area contributed by atoms with Gasteiger partial charge in [-0.1, -0.05) is 13.0 Å². The molecule has 0 saturated carbocycles. The molecule has 0 atom stereocenters. The summed E-state index contributed by atoms with van der Waals surface area (Å²) in [5, 5.41) is 0. The van der Waals surface area contributed by atoms with Gasteiger partial charge in [0.05, 0.1) is 25.2 Å². The lowest BCUT2D eigenvalue weighted by Crippen LogP contribution is -2.11. The molecular formula is C14H18N4O2. The van der Waals surface area contributed by atoms with Crippen molar-refractivity contribution < 1.29 is 9.53 Å². The fourth-order valence-electron chi connectivity index (χ4n) is 1.97. The predicted molar refractivity (Wildman–Crippen MR) is 75.3 cm³/mol. The number of rotatable bonds is 5. The third-order valence-electron chi connectivity index (χ3n) is 3.03. The molecule has 0 aliphatic heterocycles. The van der Waals surface area contributed by atoms with Crippen LogP contribution in [-0.2, 0) is 17.7 Å². The third kappa shape index (κ3) is 2.79. The number of pyridine rings is 1. The van der Waals surface area contributed by atoms with Crippen molar-refractivity contribution in [2.45, 2.75) is 26.8 Å². The van der Waals surface area contributed by atoms with E-state index in [-0.39, 0.29) is 5.69 Å². The molecule has 6 heteroatoms. The highest BCUT2D eigenvalue weighted by molar-refractivity contribution is 5.92. The molecule has 0 aromatic carbocycles. The summed E-state index contributed by atoms with van der Waals surface area (Å²) in [4.78, 5) is 20.0. The largest absolute Gasteiger partial charge is 0.461 e. The number of carbonyl (C=O) groups excluding carboxylic acids is 1. The molecule has 2 heterocycles. The number of hydrogen-bond acceptors (Lipinski definition) is 5. The standard InChI is InChI=1S/C14H18N4O2/c1-3-10-6-5-7-16-11(10)8-18-9-17-12(13(18)15)14(19)20-4-2/h5-7,9H,3-4,8,15H2,1-2H3. The molecule has 0 spiro atoms. The smallest absolute Gasteiger partial charge is 0.360 e. The Morgan fingerprint density at radius 1 is 1.40 bits per heavy atom. The summed E-state index contributed by atoms with van der Waals surface area (Å²) < 4.78 is 6.61. The molecule has 0 bridgehead atoms. The second-order valence-electron chi connectivity index (χ2n) is 4.29. The van der Waals surface area contributed by atoms with E-state index < -0.39 is 5.97 Å². The topological polar surface area (TPSA) is 83.0 Å². The van der Waals surface area contributed by atoms with Gasteiger partial charge in [-0.15, -0.1) is 0 Å². The molecule has 2 aromatic heterocycles. The Morgan fingerprint density at radius 2 is 2.20 bits per heavy atom. The summed E-state index contributed by atoms with van der Waals surface area (Å²) >= 11 is 0. The molecule has 6 nitrogen and oxygen atoms in total. The van der Waals surface area contributed by atoms with E-state index in [0.29, 0.717) is 19.0 Å². The van der Waals surface area contributed by atoms with E-state index in [0.717, 1.165) is 17.7 Å². The normalized spacial score (nSPS) is 10.5. The highest BCUT2D eigenvalue weighted by atomic mass is 16.5. The Morgan fingerprint density at radius 3 is 2.90 bits per heavy atom. The van der Waals surface area contributed by atoms with Crippen LogP contribution >= 0.6 is 0 Å². The molecule has 0 radical (unpaired) electrons. The fraction of sp³-hybridized carbons (Fsp3) is 0.357. The maximum atomic E-state index is 11.7. The Hall–Kier alpha value is -2.37. The molecule has 2 aromatic rings. The van der Waals surface area contributed by atoms with E-state index in [4.69, 9.17) is 10.5 Å². The van der Waals surface area contributed by atoms with Crippen molar-refractivity contribution >= 4 is 11.8 Å². The fourth-order valence-corrected chi connectivity index (χ4v) is 1.97. The third-order valence-corrected chi connectivity index (χ3v) is 3.03. The summed E-state index contributed by atoms with van der Waals surface area (Å²) in [6, 6.07) is 3.94. The zero-order valence-electron chi connectivity index (χ0n) is 11.7. The monoisotopic (exact) mass is 274 g/mol. The Kier molecular flexibility index (Phi) is 4.34. The minimum Gasteiger partial charge on any atom is -0.461 e. The zero-order valence-corrected chi connectivity index (χ0v) is 11.7. The SMILES string of the molecule is CCOC(=O)c1ncn(Cc2ncccc2CC)c1N. The molecule has 2 rings (SSSR count). The van der Waals surface area contributed by atoms with E-state index in [1.165, 1.54) is 6.33 Å². The first-order valence-corrected chi connectivity index (χ1v) is 6.57. The van der Waals surface area contributed by atoms with Gasteiger partial charge >= 0.3 is 5.97 Å². The number of carbonyl (C=O) groups is 1. The number of imidazole rings is 1. The first-order valence-electron chi connectivity index (χ1n) is 6.57. The van der Waals surface area contributed by atoms with Crippen LogP contribution in [0.4, 0.5) is 5.82 Å². The number of anilines is 1. The average Bonchev–Trinajstić information content (AvgIpc) is 2.81. The molecule has 20 heavy (non-hydrogen) atoms. The highest BCUT2D eigenvalue weighted by Crippen LogP contribution is 2.15. The first kappa shape index (κ1) is 14.0. The lowest BCUT2D eigenvalue weighted by Gasteiger charge is -2.08. The van der Waals surface area contributed by atoms with E-state index in [9.17, 15) is 4.79 Å². The molecule has 0 amide bonds.